The van der Waals surface area contributed by atoms with Gasteiger partial charge in [0.15, 0.2) is 0 Å². The van der Waals surface area contributed by atoms with Gasteiger partial charge in [0.25, 0.3) is 0 Å². The Labute approximate surface area is 148 Å². The maximum atomic E-state index is 12.1. The number of aryl methyl sites for hydroxylation is 1. The van der Waals surface area contributed by atoms with E-state index in [0.717, 1.165) is 23.7 Å². The second-order valence-electron chi connectivity index (χ2n) is 5.50. The Morgan fingerprint density at radius 2 is 1.96 bits per heavy atom. The molecule has 2 aromatic carbocycles. The van der Waals surface area contributed by atoms with Gasteiger partial charge in [-0.2, -0.15) is 0 Å². The number of thioether (sulfide) groups is 1. The highest BCUT2D eigenvalue weighted by Crippen LogP contribution is 2.24. The Bertz CT molecular complexity index is 675. The number of rotatable bonds is 7. The molecule has 2 aromatic rings. The van der Waals surface area contributed by atoms with Gasteiger partial charge in [-0.1, -0.05) is 24.3 Å². The number of hydrogen-bond donors (Lipinski definition) is 2. The van der Waals surface area contributed by atoms with Gasteiger partial charge < -0.3 is 15.5 Å². The van der Waals surface area contributed by atoms with Crippen molar-refractivity contribution in [3.8, 4) is 0 Å². The molecule has 0 bridgehead atoms. The standard InChI is InChI=1S/C19H25N3OS/c1-4-22(16-9-7-8-15(2)14-16)13-12-20-19(23)21-17-10-5-6-11-18(17)24-3/h5-11,14H,4,12-13H2,1-3H3,(H2,20,21,23). The van der Waals surface area contributed by atoms with Crippen LogP contribution in [0.5, 0.6) is 0 Å². The van der Waals surface area contributed by atoms with Crippen LogP contribution in [0.15, 0.2) is 53.4 Å². The third kappa shape index (κ3) is 5.20. The summed E-state index contributed by atoms with van der Waals surface area (Å²) in [6.45, 7) is 6.48. The van der Waals surface area contributed by atoms with Crippen LogP contribution in [0, 0.1) is 6.92 Å². The predicted octanol–water partition coefficient (Wildman–Crippen LogP) is 4.36. The van der Waals surface area contributed by atoms with Crippen LogP contribution in [0.25, 0.3) is 0 Å². The summed E-state index contributed by atoms with van der Waals surface area (Å²) < 4.78 is 0. The van der Waals surface area contributed by atoms with E-state index >= 15 is 0 Å². The number of para-hydroxylation sites is 1. The first-order valence-corrected chi connectivity index (χ1v) is 9.36. The zero-order valence-electron chi connectivity index (χ0n) is 14.5. The molecular formula is C19H25N3OS. The minimum atomic E-state index is -0.170. The van der Waals surface area contributed by atoms with Crippen LogP contribution in [0.1, 0.15) is 12.5 Å². The highest BCUT2D eigenvalue weighted by atomic mass is 32.2. The fourth-order valence-electron chi connectivity index (χ4n) is 2.51. The maximum Gasteiger partial charge on any atom is 0.319 e. The van der Waals surface area contributed by atoms with Crippen LogP contribution in [0.2, 0.25) is 0 Å². The van der Waals surface area contributed by atoms with Crippen molar-refractivity contribution in [1.29, 1.82) is 0 Å². The summed E-state index contributed by atoms with van der Waals surface area (Å²) in [5.41, 5.74) is 3.27. The van der Waals surface area contributed by atoms with Gasteiger partial charge in [-0.25, -0.2) is 4.79 Å². The number of nitrogens with one attached hydrogen (secondary N) is 2. The van der Waals surface area contributed by atoms with Gasteiger partial charge in [0.05, 0.1) is 5.69 Å². The number of benzene rings is 2. The molecule has 4 nitrogen and oxygen atoms in total. The Morgan fingerprint density at radius 3 is 2.67 bits per heavy atom. The molecule has 2 rings (SSSR count). The molecule has 0 aliphatic heterocycles. The van der Waals surface area contributed by atoms with Crippen molar-refractivity contribution in [2.75, 3.05) is 36.1 Å². The van der Waals surface area contributed by atoms with E-state index < -0.39 is 0 Å². The Balaban J connectivity index is 1.85. The van der Waals surface area contributed by atoms with Crippen molar-refractivity contribution in [3.05, 3.63) is 54.1 Å². The van der Waals surface area contributed by atoms with Crippen LogP contribution < -0.4 is 15.5 Å². The number of urea groups is 1. The Morgan fingerprint density at radius 1 is 1.17 bits per heavy atom. The monoisotopic (exact) mass is 343 g/mol. The molecule has 0 atom stereocenters. The molecule has 0 radical (unpaired) electrons. The Hall–Kier alpha value is -2.14. The minimum absolute atomic E-state index is 0.170. The number of nitrogens with zero attached hydrogens (tertiary/aromatic N) is 1. The first-order chi connectivity index (χ1) is 11.6. The van der Waals surface area contributed by atoms with Gasteiger partial charge in [-0.05, 0) is 49.9 Å². The molecule has 0 aliphatic rings. The summed E-state index contributed by atoms with van der Waals surface area (Å²) in [6, 6.07) is 16.1. The molecule has 128 valence electrons. The van der Waals surface area contributed by atoms with Crippen LogP contribution in [-0.2, 0) is 0 Å². The van der Waals surface area contributed by atoms with Gasteiger partial charge in [-0.3, -0.25) is 0 Å². The SMILES string of the molecule is CCN(CCNC(=O)Nc1ccccc1SC)c1cccc(C)c1. The first-order valence-electron chi connectivity index (χ1n) is 8.13. The normalized spacial score (nSPS) is 10.3. The molecule has 0 saturated heterocycles. The lowest BCUT2D eigenvalue weighted by Gasteiger charge is -2.23. The summed E-state index contributed by atoms with van der Waals surface area (Å²) in [7, 11) is 0. The number of likely N-dealkylation sites (N-methyl/N-ethyl adjacent to an activating group) is 1. The Kier molecular flexibility index (Phi) is 7.00. The molecule has 0 spiro atoms. The summed E-state index contributed by atoms with van der Waals surface area (Å²) in [5, 5.41) is 5.84. The average Bonchev–Trinajstić information content (AvgIpc) is 2.59. The molecule has 24 heavy (non-hydrogen) atoms. The van der Waals surface area contributed by atoms with E-state index in [2.05, 4.69) is 53.6 Å². The van der Waals surface area contributed by atoms with E-state index in [-0.39, 0.29) is 6.03 Å². The minimum Gasteiger partial charge on any atom is -0.370 e. The molecule has 0 aromatic heterocycles. The lowest BCUT2D eigenvalue weighted by atomic mass is 10.2. The largest absolute Gasteiger partial charge is 0.370 e. The van der Waals surface area contributed by atoms with Crippen molar-refractivity contribution in [2.45, 2.75) is 18.7 Å². The smallest absolute Gasteiger partial charge is 0.319 e. The van der Waals surface area contributed by atoms with Crippen LogP contribution in [0.4, 0.5) is 16.2 Å². The average molecular weight is 343 g/mol. The number of carbonyl (C=O) groups excluding carboxylic acids is 1. The van der Waals surface area contributed by atoms with Crippen LogP contribution in [0.3, 0.4) is 0 Å². The van der Waals surface area contributed by atoms with E-state index in [4.69, 9.17) is 0 Å². The van der Waals surface area contributed by atoms with Crippen LogP contribution >= 0.6 is 11.8 Å². The quantitative estimate of drug-likeness (QED) is 0.734. The van der Waals surface area contributed by atoms with Crippen molar-refractivity contribution in [1.82, 2.24) is 5.32 Å². The van der Waals surface area contributed by atoms with Crippen molar-refractivity contribution in [3.63, 3.8) is 0 Å². The summed E-state index contributed by atoms with van der Waals surface area (Å²) in [5.74, 6) is 0. The molecule has 0 fully saturated rings. The summed E-state index contributed by atoms with van der Waals surface area (Å²) in [4.78, 5) is 15.4. The molecule has 2 amide bonds. The first kappa shape index (κ1) is 18.2. The molecule has 0 saturated carbocycles. The van der Waals surface area contributed by atoms with Crippen molar-refractivity contribution >= 4 is 29.2 Å². The summed E-state index contributed by atoms with van der Waals surface area (Å²) >= 11 is 1.62. The fraction of sp³-hybridized carbons (Fsp3) is 0.316. The number of anilines is 2. The molecular weight excluding hydrogens is 318 g/mol. The van der Waals surface area contributed by atoms with Crippen molar-refractivity contribution in [2.24, 2.45) is 0 Å². The second kappa shape index (κ2) is 9.23. The number of hydrogen-bond acceptors (Lipinski definition) is 3. The van der Waals surface area contributed by atoms with E-state index in [9.17, 15) is 4.79 Å². The predicted molar refractivity (Wildman–Crippen MR) is 104 cm³/mol. The van der Waals surface area contributed by atoms with Gasteiger partial charge in [0.1, 0.15) is 0 Å². The summed E-state index contributed by atoms with van der Waals surface area (Å²) in [6.07, 6.45) is 2.00. The van der Waals surface area contributed by atoms with E-state index in [0.29, 0.717) is 6.54 Å². The van der Waals surface area contributed by atoms with Gasteiger partial charge in [0.2, 0.25) is 0 Å². The third-order valence-corrected chi connectivity index (χ3v) is 4.57. The zero-order valence-corrected chi connectivity index (χ0v) is 15.3. The van der Waals surface area contributed by atoms with Gasteiger partial charge >= 0.3 is 6.03 Å². The molecule has 2 N–H and O–H groups in total. The van der Waals surface area contributed by atoms with Crippen molar-refractivity contribution < 1.29 is 4.79 Å². The maximum absolute atomic E-state index is 12.1. The van der Waals surface area contributed by atoms with E-state index in [1.54, 1.807) is 11.8 Å². The van der Waals surface area contributed by atoms with Gasteiger partial charge in [-0.15, -0.1) is 11.8 Å². The molecule has 5 heteroatoms. The fourth-order valence-corrected chi connectivity index (χ4v) is 3.07. The van der Waals surface area contributed by atoms with Gasteiger partial charge in [0, 0.05) is 30.2 Å². The highest BCUT2D eigenvalue weighted by molar-refractivity contribution is 7.98. The lowest BCUT2D eigenvalue weighted by Crippen LogP contribution is -2.37. The van der Waals surface area contributed by atoms with Crippen LogP contribution in [-0.4, -0.2) is 31.9 Å². The lowest BCUT2D eigenvalue weighted by molar-refractivity contribution is 0.252. The second-order valence-corrected chi connectivity index (χ2v) is 6.35. The topological polar surface area (TPSA) is 44.4 Å². The zero-order chi connectivity index (χ0) is 17.4. The molecule has 0 unspecified atom stereocenters. The highest BCUT2D eigenvalue weighted by Gasteiger charge is 2.07. The number of carbonyl (C=O) groups is 1. The van der Waals surface area contributed by atoms with E-state index in [1.165, 1.54) is 11.3 Å². The third-order valence-electron chi connectivity index (χ3n) is 3.77. The molecule has 0 heterocycles. The number of amides is 2. The molecule has 0 aliphatic carbocycles. The van der Waals surface area contributed by atoms with E-state index in [1.807, 2.05) is 30.5 Å².